The van der Waals surface area contributed by atoms with E-state index in [1.165, 1.54) is 25.7 Å². The summed E-state index contributed by atoms with van der Waals surface area (Å²) in [4.78, 5) is 12.1. The van der Waals surface area contributed by atoms with Crippen molar-refractivity contribution in [2.24, 2.45) is 52.3 Å². The molecule has 0 heterocycles. The number of hydrogen-bond donors (Lipinski definition) is 2. The molecule has 10 atom stereocenters. The van der Waals surface area contributed by atoms with Crippen molar-refractivity contribution >= 4 is 5.78 Å². The molecule has 0 aliphatic heterocycles. The molecule has 2 N–H and O–H groups in total. The Labute approximate surface area is 183 Å². The van der Waals surface area contributed by atoms with Gasteiger partial charge in [0.2, 0.25) is 0 Å². The van der Waals surface area contributed by atoms with Gasteiger partial charge in [0, 0.05) is 6.42 Å². The van der Waals surface area contributed by atoms with E-state index in [0.29, 0.717) is 24.2 Å². The molecule has 1 unspecified atom stereocenters. The molecule has 0 amide bonds. The Bertz CT molecular complexity index is 684. The van der Waals surface area contributed by atoms with Crippen LogP contribution < -0.4 is 0 Å². The summed E-state index contributed by atoms with van der Waals surface area (Å²) in [5.74, 6) is 3.27. The van der Waals surface area contributed by atoms with Crippen LogP contribution in [0.2, 0.25) is 0 Å². The summed E-state index contributed by atoms with van der Waals surface area (Å²) >= 11 is 0. The molecule has 4 rings (SSSR count). The summed E-state index contributed by atoms with van der Waals surface area (Å²) < 4.78 is 0. The molecule has 3 saturated carbocycles. The Hall–Kier alpha value is -0.670. The third-order valence-corrected chi connectivity index (χ3v) is 10.4. The highest BCUT2D eigenvalue weighted by Crippen LogP contribution is 2.67. The first-order chi connectivity index (χ1) is 14.1. The summed E-state index contributed by atoms with van der Waals surface area (Å²) in [6, 6.07) is 0. The number of allylic oxidation sites excluding steroid dienone is 2. The van der Waals surface area contributed by atoms with E-state index in [1.807, 2.05) is 0 Å². The number of fused-ring (bicyclic) bond motifs is 5. The molecule has 0 saturated heterocycles. The van der Waals surface area contributed by atoms with Crippen molar-refractivity contribution in [2.45, 2.75) is 98.2 Å². The average molecular weight is 417 g/mol. The smallest absolute Gasteiger partial charge is 0.155 e. The van der Waals surface area contributed by atoms with E-state index in [2.05, 4.69) is 40.7 Å². The lowest BCUT2D eigenvalue weighted by Crippen LogP contribution is -2.61. The third kappa shape index (κ3) is 3.43. The minimum absolute atomic E-state index is 0.0684. The SMILES string of the molecule is CC(C)CCC[C@@H](C)[C@H]1CC[C@H]2[C@@H]3[C@H](O)CC4CC(=O)C=C[C@]4(C)[C@H]3C[C@H](O)[C@]12C. The van der Waals surface area contributed by atoms with Crippen LogP contribution in [0.15, 0.2) is 12.2 Å². The van der Waals surface area contributed by atoms with Crippen LogP contribution in [0, 0.1) is 52.3 Å². The van der Waals surface area contributed by atoms with Gasteiger partial charge in [0.15, 0.2) is 5.78 Å². The maximum absolute atomic E-state index is 12.1. The fraction of sp³-hybridized carbons (Fsp3) is 0.889. The van der Waals surface area contributed by atoms with Crippen LogP contribution in [0.4, 0.5) is 0 Å². The quantitative estimate of drug-likeness (QED) is 0.631. The van der Waals surface area contributed by atoms with Crippen LogP contribution in [0.25, 0.3) is 0 Å². The Morgan fingerprint density at radius 2 is 1.80 bits per heavy atom. The van der Waals surface area contributed by atoms with Crippen molar-refractivity contribution in [3.63, 3.8) is 0 Å². The Morgan fingerprint density at radius 1 is 1.07 bits per heavy atom. The Balaban J connectivity index is 1.58. The maximum atomic E-state index is 12.1. The molecule has 0 aromatic carbocycles. The van der Waals surface area contributed by atoms with Gasteiger partial charge >= 0.3 is 0 Å². The number of rotatable bonds is 5. The monoisotopic (exact) mass is 416 g/mol. The zero-order valence-corrected chi connectivity index (χ0v) is 19.8. The van der Waals surface area contributed by atoms with E-state index in [4.69, 9.17) is 0 Å². The molecule has 0 aromatic heterocycles. The highest BCUT2D eigenvalue weighted by atomic mass is 16.3. The first-order valence-corrected chi connectivity index (χ1v) is 12.7. The van der Waals surface area contributed by atoms with Gasteiger partial charge in [-0.05, 0) is 84.0 Å². The molecule has 0 bridgehead atoms. The molecule has 0 radical (unpaired) electrons. The minimum Gasteiger partial charge on any atom is -0.393 e. The molecule has 4 aliphatic carbocycles. The third-order valence-electron chi connectivity index (χ3n) is 10.4. The second kappa shape index (κ2) is 8.03. The van der Waals surface area contributed by atoms with Crippen molar-refractivity contribution in [3.8, 4) is 0 Å². The van der Waals surface area contributed by atoms with Gasteiger partial charge in [-0.1, -0.05) is 60.0 Å². The highest BCUT2D eigenvalue weighted by molar-refractivity contribution is 5.91. The van der Waals surface area contributed by atoms with E-state index < -0.39 is 0 Å². The van der Waals surface area contributed by atoms with E-state index in [0.717, 1.165) is 25.2 Å². The van der Waals surface area contributed by atoms with Gasteiger partial charge in [-0.15, -0.1) is 0 Å². The molecule has 4 aliphatic rings. The molecule has 0 aromatic rings. The standard InChI is InChI=1S/C27H44O3/c1-16(2)7-6-8-17(3)20-9-10-21-25-22(15-24(30)27(20,21)5)26(4)12-11-19(28)13-18(26)14-23(25)29/h11-12,16-18,20-25,29-30H,6-10,13-15H2,1-5H3/t17-,18?,20-,21+,22+,23-,24+,25+,26+,27-/m1/s1. The summed E-state index contributed by atoms with van der Waals surface area (Å²) in [7, 11) is 0. The summed E-state index contributed by atoms with van der Waals surface area (Å²) in [5, 5.41) is 22.9. The lowest BCUT2D eigenvalue weighted by atomic mass is 9.44. The number of aliphatic hydroxyl groups is 2. The van der Waals surface area contributed by atoms with Gasteiger partial charge in [0.1, 0.15) is 0 Å². The lowest BCUT2D eigenvalue weighted by molar-refractivity contribution is -0.185. The fourth-order valence-corrected chi connectivity index (χ4v) is 8.59. The van der Waals surface area contributed by atoms with Gasteiger partial charge in [0.05, 0.1) is 12.2 Å². The van der Waals surface area contributed by atoms with Crippen LogP contribution in [0.5, 0.6) is 0 Å². The van der Waals surface area contributed by atoms with Crippen LogP contribution >= 0.6 is 0 Å². The Kier molecular flexibility index (Phi) is 6.03. The van der Waals surface area contributed by atoms with Gasteiger partial charge in [-0.25, -0.2) is 0 Å². The number of ketones is 1. The molecule has 3 heteroatoms. The lowest BCUT2D eigenvalue weighted by Gasteiger charge is -2.62. The molecular formula is C27H44O3. The van der Waals surface area contributed by atoms with E-state index in [9.17, 15) is 15.0 Å². The number of hydrogen-bond acceptors (Lipinski definition) is 3. The van der Waals surface area contributed by atoms with E-state index >= 15 is 0 Å². The largest absolute Gasteiger partial charge is 0.393 e. The number of carbonyl (C=O) groups excluding carboxylic acids is 1. The predicted octanol–water partition coefficient (Wildman–Crippen LogP) is 5.39. The first-order valence-electron chi connectivity index (χ1n) is 12.7. The molecule has 0 spiro atoms. The first kappa shape index (κ1) is 22.5. The van der Waals surface area contributed by atoms with Gasteiger partial charge in [0.25, 0.3) is 0 Å². The molecular weight excluding hydrogens is 372 g/mol. The molecule has 3 nitrogen and oxygen atoms in total. The predicted molar refractivity (Wildman–Crippen MR) is 121 cm³/mol. The van der Waals surface area contributed by atoms with Crippen molar-refractivity contribution in [1.29, 1.82) is 0 Å². The van der Waals surface area contributed by atoms with Crippen molar-refractivity contribution in [1.82, 2.24) is 0 Å². The van der Waals surface area contributed by atoms with Crippen LogP contribution in [0.3, 0.4) is 0 Å². The average Bonchev–Trinajstić information content (AvgIpc) is 3.02. The summed E-state index contributed by atoms with van der Waals surface area (Å²) in [5.41, 5.74) is -0.155. The minimum atomic E-state index is -0.334. The van der Waals surface area contributed by atoms with Crippen molar-refractivity contribution < 1.29 is 15.0 Å². The van der Waals surface area contributed by atoms with Gasteiger partial charge in [-0.3, -0.25) is 4.79 Å². The zero-order chi connectivity index (χ0) is 21.8. The number of aliphatic hydroxyl groups excluding tert-OH is 2. The Morgan fingerprint density at radius 3 is 2.50 bits per heavy atom. The van der Waals surface area contributed by atoms with Gasteiger partial charge < -0.3 is 10.2 Å². The maximum Gasteiger partial charge on any atom is 0.155 e. The van der Waals surface area contributed by atoms with Crippen LogP contribution in [-0.2, 0) is 4.79 Å². The van der Waals surface area contributed by atoms with Crippen LogP contribution in [-0.4, -0.2) is 28.2 Å². The number of carbonyl (C=O) groups is 1. The van der Waals surface area contributed by atoms with Crippen molar-refractivity contribution in [2.75, 3.05) is 0 Å². The van der Waals surface area contributed by atoms with E-state index in [1.54, 1.807) is 6.08 Å². The molecule has 30 heavy (non-hydrogen) atoms. The second-order valence-electron chi connectivity index (χ2n) is 12.3. The zero-order valence-electron chi connectivity index (χ0n) is 19.8. The summed E-state index contributed by atoms with van der Waals surface area (Å²) in [6.45, 7) is 11.6. The molecule has 170 valence electrons. The highest BCUT2D eigenvalue weighted by Gasteiger charge is 2.65. The fourth-order valence-electron chi connectivity index (χ4n) is 8.59. The summed E-state index contributed by atoms with van der Waals surface area (Å²) in [6.07, 6.45) is 11.5. The normalized spacial score (nSPS) is 48.9. The topological polar surface area (TPSA) is 57.5 Å². The second-order valence-corrected chi connectivity index (χ2v) is 12.3. The van der Waals surface area contributed by atoms with Crippen LogP contribution in [0.1, 0.15) is 86.0 Å². The van der Waals surface area contributed by atoms with E-state index in [-0.39, 0.29) is 46.6 Å². The van der Waals surface area contributed by atoms with Gasteiger partial charge in [-0.2, -0.15) is 0 Å². The van der Waals surface area contributed by atoms with Crippen molar-refractivity contribution in [3.05, 3.63) is 12.2 Å². The molecule has 3 fully saturated rings.